The number of carbonyl (C=O) groups is 5. The van der Waals surface area contributed by atoms with E-state index in [-0.39, 0.29) is 56.5 Å². The molecule has 0 saturated heterocycles. The van der Waals surface area contributed by atoms with Crippen LogP contribution in [0.2, 0.25) is 0 Å². The molecular formula is C66H121N2O9+. The van der Waals surface area contributed by atoms with Crippen LogP contribution in [0.4, 0.5) is 0 Å². The summed E-state index contributed by atoms with van der Waals surface area (Å²) >= 11 is 0. The number of rotatable bonds is 58. The number of ether oxygens (including phenoxy) is 3. The molecule has 2 N–H and O–H groups in total. The third-order valence-electron chi connectivity index (χ3n) is 14.6. The van der Waals surface area contributed by atoms with Gasteiger partial charge in [-0.05, 0) is 96.3 Å². The molecule has 0 aromatic carbocycles. The van der Waals surface area contributed by atoms with Crippen molar-refractivity contribution < 1.29 is 47.8 Å². The summed E-state index contributed by atoms with van der Waals surface area (Å²) in [4.78, 5) is 65.0. The fourth-order valence-corrected chi connectivity index (χ4v) is 9.60. The van der Waals surface area contributed by atoms with Crippen LogP contribution in [0.3, 0.4) is 0 Å². The summed E-state index contributed by atoms with van der Waals surface area (Å²) in [5.41, 5.74) is -1.50. The fraction of sp³-hybridized carbons (Fsp3) is 0.833. The van der Waals surface area contributed by atoms with E-state index < -0.39 is 35.3 Å². The fourth-order valence-electron chi connectivity index (χ4n) is 9.60. The van der Waals surface area contributed by atoms with E-state index in [4.69, 9.17) is 14.2 Å². The Hall–Kier alpha value is -3.47. The maximum absolute atomic E-state index is 13.7. The van der Waals surface area contributed by atoms with Gasteiger partial charge >= 0.3 is 23.9 Å². The number of nitrogens with one attached hydrogen (secondary N) is 1. The van der Waals surface area contributed by atoms with Gasteiger partial charge in [-0.1, -0.05) is 211 Å². The second kappa shape index (κ2) is 54.5. The van der Waals surface area contributed by atoms with Gasteiger partial charge in [0.2, 0.25) is 5.91 Å². The molecule has 0 aliphatic heterocycles. The van der Waals surface area contributed by atoms with Crippen LogP contribution in [-0.4, -0.2) is 91.9 Å². The van der Waals surface area contributed by atoms with Gasteiger partial charge in [0.15, 0.2) is 6.54 Å². The van der Waals surface area contributed by atoms with E-state index in [1.54, 1.807) is 14.1 Å². The minimum absolute atomic E-state index is 0.0532. The lowest BCUT2D eigenvalue weighted by atomic mass is 10.0. The van der Waals surface area contributed by atoms with Gasteiger partial charge in [-0.15, -0.1) is 0 Å². The third-order valence-corrected chi connectivity index (χ3v) is 14.6. The van der Waals surface area contributed by atoms with Crippen LogP contribution < -0.4 is 5.32 Å². The molecule has 0 heterocycles. The smallest absolute Gasteiger partial charge is 0.359 e. The monoisotopic (exact) mass is 1090 g/mol. The van der Waals surface area contributed by atoms with E-state index in [9.17, 15) is 29.1 Å². The molecule has 0 rings (SSSR count). The Bertz CT molecular complexity index is 1370. The van der Waals surface area contributed by atoms with Gasteiger partial charge in [0.1, 0.15) is 25.4 Å². The van der Waals surface area contributed by atoms with Gasteiger partial charge < -0.3 is 29.1 Å². The largest absolute Gasteiger partial charge is 0.477 e. The van der Waals surface area contributed by atoms with Crippen molar-refractivity contribution >= 4 is 29.8 Å². The maximum Gasteiger partial charge on any atom is 0.359 e. The molecule has 0 aromatic heterocycles. The lowest BCUT2D eigenvalue weighted by Crippen LogP contribution is -2.59. The summed E-state index contributed by atoms with van der Waals surface area (Å²) in [5, 5.41) is 12.4. The number of carboxylic acids is 1. The van der Waals surface area contributed by atoms with Crippen LogP contribution in [0.15, 0.2) is 36.5 Å². The van der Waals surface area contributed by atoms with E-state index in [0.29, 0.717) is 32.2 Å². The molecule has 77 heavy (non-hydrogen) atoms. The third kappa shape index (κ3) is 53.0. The first-order valence-corrected chi connectivity index (χ1v) is 32.1. The highest BCUT2D eigenvalue weighted by molar-refractivity contribution is 5.77. The molecule has 11 heteroatoms. The van der Waals surface area contributed by atoms with E-state index in [2.05, 4.69) is 62.5 Å². The van der Waals surface area contributed by atoms with Crippen LogP contribution in [0.25, 0.3) is 0 Å². The van der Waals surface area contributed by atoms with Gasteiger partial charge in [-0.2, -0.15) is 0 Å². The summed E-state index contributed by atoms with van der Waals surface area (Å²) in [6.45, 7) is 6.11. The van der Waals surface area contributed by atoms with Gasteiger partial charge in [-0.25, -0.2) is 4.79 Å². The maximum atomic E-state index is 13.7. The van der Waals surface area contributed by atoms with Gasteiger partial charge in [0.05, 0.1) is 20.6 Å². The molecule has 11 nitrogen and oxygen atoms in total. The molecule has 0 aromatic rings. The molecular weight excluding hydrogens is 965 g/mol. The number of hydrogen-bond donors (Lipinski definition) is 2. The minimum Gasteiger partial charge on any atom is -0.477 e. The zero-order valence-corrected chi connectivity index (χ0v) is 50.8. The van der Waals surface area contributed by atoms with Crippen molar-refractivity contribution in [2.45, 2.75) is 309 Å². The number of unbranched alkanes of at least 4 members (excludes halogenated alkanes) is 33. The Labute approximate surface area is 473 Å². The van der Waals surface area contributed by atoms with Gasteiger partial charge in [-0.3, -0.25) is 19.2 Å². The first-order valence-electron chi connectivity index (χ1n) is 32.1. The number of carboxylic acid groups (broad SMARTS) is 1. The highest BCUT2D eigenvalue weighted by atomic mass is 16.6. The number of amides is 1. The van der Waals surface area contributed by atoms with Gasteiger partial charge in [0.25, 0.3) is 0 Å². The summed E-state index contributed by atoms with van der Waals surface area (Å²) < 4.78 is 17.8. The number of allylic oxidation sites excluding steroid dienone is 6. The van der Waals surface area contributed by atoms with Crippen molar-refractivity contribution in [3.63, 3.8) is 0 Å². The first-order chi connectivity index (χ1) is 37.4. The molecule has 0 aliphatic rings. The second-order valence-electron chi connectivity index (χ2n) is 23.1. The van der Waals surface area contributed by atoms with Crippen LogP contribution >= 0.6 is 0 Å². The molecule has 1 amide bonds. The standard InChI is InChI=1S/C66H120N2O9/c1-6-9-12-15-18-21-24-27-30-33-36-39-42-45-48-53-63(72)75-58-66(67-61(69)52-51-56-68(4,5)57-62(70)71,59-76-64(73)54-49-46-43-40-37-34-31-28-25-22-19-16-13-10-7-2)60-77-65(74)55-50-47-44-41-38-35-32-29-26-23-20-17-14-11-8-3/h27-32H,6-26,33-60H2,1-5H3,(H-,67,69,70,71)/p+1/b30-27-,31-28-,32-29?. The Morgan fingerprint density at radius 2 is 0.636 bits per heavy atom. The predicted molar refractivity (Wildman–Crippen MR) is 321 cm³/mol. The number of carbonyl (C=O) groups excluding carboxylic acids is 4. The lowest BCUT2D eigenvalue weighted by molar-refractivity contribution is -0.883. The average Bonchev–Trinajstić information content (AvgIpc) is 3.39. The second-order valence-corrected chi connectivity index (χ2v) is 23.1. The summed E-state index contributed by atoms with van der Waals surface area (Å²) in [6.07, 6.45) is 59.8. The van der Waals surface area contributed by atoms with Crippen molar-refractivity contribution in [1.82, 2.24) is 5.32 Å². The van der Waals surface area contributed by atoms with Crippen LogP contribution in [0, 0.1) is 0 Å². The van der Waals surface area contributed by atoms with Crippen molar-refractivity contribution in [2.24, 2.45) is 0 Å². The first kappa shape index (κ1) is 73.5. The molecule has 0 radical (unpaired) electrons. The van der Waals surface area contributed by atoms with Crippen LogP contribution in [0.5, 0.6) is 0 Å². The zero-order valence-electron chi connectivity index (χ0n) is 50.8. The van der Waals surface area contributed by atoms with E-state index in [0.717, 1.165) is 116 Å². The van der Waals surface area contributed by atoms with Crippen LogP contribution in [0.1, 0.15) is 303 Å². The summed E-state index contributed by atoms with van der Waals surface area (Å²) in [7, 11) is 3.60. The average molecular weight is 1090 g/mol. The molecule has 0 spiro atoms. The molecule has 0 fully saturated rings. The highest BCUT2D eigenvalue weighted by Gasteiger charge is 2.38. The highest BCUT2D eigenvalue weighted by Crippen LogP contribution is 2.18. The molecule has 0 bridgehead atoms. The number of esters is 3. The van der Waals surface area contributed by atoms with E-state index >= 15 is 0 Å². The van der Waals surface area contributed by atoms with Crippen LogP contribution in [-0.2, 0) is 38.2 Å². The summed E-state index contributed by atoms with van der Waals surface area (Å²) in [5.74, 6) is -2.58. The molecule has 0 unspecified atom stereocenters. The Kier molecular flexibility index (Phi) is 52.0. The zero-order chi connectivity index (χ0) is 56.6. The lowest BCUT2D eigenvalue weighted by Gasteiger charge is -2.33. The number of hydrogen-bond acceptors (Lipinski definition) is 8. The quantitative estimate of drug-likeness (QED) is 0.0200. The minimum atomic E-state index is -1.50. The van der Waals surface area contributed by atoms with Crippen molar-refractivity contribution in [3.8, 4) is 0 Å². The topological polar surface area (TPSA) is 145 Å². The Morgan fingerprint density at radius 1 is 0.377 bits per heavy atom. The molecule has 0 atom stereocenters. The SMILES string of the molecule is CCCCCCCCC=CCCCCCCCC(=O)OCC(COC(=O)CCCCCCC/C=C\CCCCCCCC)(COC(=O)CCCCCCC/C=C\CCCCCCCC)NC(=O)CCC[N+](C)(C)CC(=O)O. The Balaban J connectivity index is 5.49. The number of likely N-dealkylation sites (N-methyl/N-ethyl adjacent to an activating group) is 1. The van der Waals surface area contributed by atoms with Gasteiger partial charge in [0, 0.05) is 32.1 Å². The van der Waals surface area contributed by atoms with Crippen molar-refractivity contribution in [2.75, 3.05) is 47.0 Å². The van der Waals surface area contributed by atoms with Crippen molar-refractivity contribution in [3.05, 3.63) is 36.5 Å². The number of aliphatic carboxylic acids is 1. The van der Waals surface area contributed by atoms with E-state index in [1.165, 1.54) is 116 Å². The molecule has 448 valence electrons. The molecule has 0 aliphatic carbocycles. The predicted octanol–water partition coefficient (Wildman–Crippen LogP) is 17.5. The number of quaternary nitrogens is 1. The summed E-state index contributed by atoms with van der Waals surface area (Å²) in [6, 6.07) is 0. The molecule has 0 saturated carbocycles. The number of nitrogens with zero attached hydrogens (tertiary/aromatic N) is 1. The Morgan fingerprint density at radius 3 is 0.909 bits per heavy atom. The van der Waals surface area contributed by atoms with E-state index in [1.807, 2.05) is 0 Å². The normalized spacial score (nSPS) is 12.1. The van der Waals surface area contributed by atoms with Crippen molar-refractivity contribution in [1.29, 1.82) is 0 Å².